The van der Waals surface area contributed by atoms with Crippen molar-refractivity contribution in [1.82, 2.24) is 15.2 Å². The summed E-state index contributed by atoms with van der Waals surface area (Å²) in [7, 11) is 0. The maximum atomic E-state index is 12.5. The molecular weight excluding hydrogens is 406 g/mol. The van der Waals surface area contributed by atoms with Crippen LogP contribution in [0, 0.1) is 6.92 Å². The van der Waals surface area contributed by atoms with E-state index in [9.17, 15) is 14.7 Å². The summed E-state index contributed by atoms with van der Waals surface area (Å²) in [6.45, 7) is 7.39. The number of amides is 1. The Bertz CT molecular complexity index is 1080. The Labute approximate surface area is 188 Å². The van der Waals surface area contributed by atoms with Gasteiger partial charge >= 0.3 is 5.97 Å². The number of carboxylic acid groups (broad SMARTS) is 1. The Morgan fingerprint density at radius 1 is 1.09 bits per heavy atom. The standard InChI is InChI=1S/C25H29N3O4/c1-4-28(5-2)23(25(30)31)15-26-24(29)18-10-12-20(13-11-18)32-16-19-14-17(3)27-22-9-7-6-8-21(19)22/h6-14,23H,4-5,15-16H2,1-3H3,(H,26,29)(H,30,31). The number of nitrogens with zero attached hydrogens (tertiary/aromatic N) is 2. The Morgan fingerprint density at radius 2 is 1.78 bits per heavy atom. The number of benzene rings is 2. The molecule has 0 aliphatic carbocycles. The number of aromatic nitrogens is 1. The minimum Gasteiger partial charge on any atom is -0.489 e. The number of carbonyl (C=O) groups is 2. The molecule has 3 rings (SSSR count). The molecule has 0 spiro atoms. The van der Waals surface area contributed by atoms with Crippen molar-refractivity contribution >= 4 is 22.8 Å². The van der Waals surface area contributed by atoms with E-state index in [2.05, 4.69) is 10.3 Å². The van der Waals surface area contributed by atoms with E-state index < -0.39 is 12.0 Å². The first-order valence-corrected chi connectivity index (χ1v) is 10.8. The molecule has 0 aliphatic heterocycles. The summed E-state index contributed by atoms with van der Waals surface area (Å²) < 4.78 is 5.94. The highest BCUT2D eigenvalue weighted by Gasteiger charge is 2.24. The quantitative estimate of drug-likeness (QED) is 0.505. The predicted molar refractivity (Wildman–Crippen MR) is 124 cm³/mol. The zero-order valence-electron chi connectivity index (χ0n) is 18.7. The molecule has 168 valence electrons. The molecule has 2 aromatic carbocycles. The van der Waals surface area contributed by atoms with Gasteiger partial charge in [0, 0.05) is 28.8 Å². The van der Waals surface area contributed by atoms with Crippen LogP contribution in [0.1, 0.15) is 35.5 Å². The summed E-state index contributed by atoms with van der Waals surface area (Å²) in [5, 5.41) is 13.2. The number of carbonyl (C=O) groups excluding carboxylic acids is 1. The highest BCUT2D eigenvalue weighted by molar-refractivity contribution is 5.94. The lowest BCUT2D eigenvalue weighted by Gasteiger charge is -2.26. The zero-order valence-corrected chi connectivity index (χ0v) is 18.7. The van der Waals surface area contributed by atoms with Gasteiger partial charge < -0.3 is 15.2 Å². The molecule has 7 nitrogen and oxygen atoms in total. The molecule has 1 atom stereocenters. The van der Waals surface area contributed by atoms with Crippen molar-refractivity contribution in [2.24, 2.45) is 0 Å². The molecule has 1 unspecified atom stereocenters. The van der Waals surface area contributed by atoms with Gasteiger partial charge in [-0.1, -0.05) is 32.0 Å². The van der Waals surface area contributed by atoms with Crippen molar-refractivity contribution in [2.45, 2.75) is 33.4 Å². The Hall–Kier alpha value is -3.45. The highest BCUT2D eigenvalue weighted by Crippen LogP contribution is 2.21. The largest absolute Gasteiger partial charge is 0.489 e. The van der Waals surface area contributed by atoms with Crippen LogP contribution in [0.15, 0.2) is 54.6 Å². The predicted octanol–water partition coefficient (Wildman–Crippen LogP) is 3.65. The molecule has 1 heterocycles. The molecule has 0 fully saturated rings. The molecule has 3 aromatic rings. The topological polar surface area (TPSA) is 91.8 Å². The summed E-state index contributed by atoms with van der Waals surface area (Å²) in [5.74, 6) is -0.617. The Kier molecular flexibility index (Phi) is 7.78. The van der Waals surface area contributed by atoms with Crippen LogP contribution < -0.4 is 10.1 Å². The van der Waals surface area contributed by atoms with E-state index in [0.717, 1.165) is 22.2 Å². The van der Waals surface area contributed by atoms with E-state index in [1.54, 1.807) is 29.2 Å². The maximum absolute atomic E-state index is 12.5. The second-order valence-corrected chi connectivity index (χ2v) is 7.54. The average Bonchev–Trinajstić information content (AvgIpc) is 2.80. The van der Waals surface area contributed by atoms with E-state index in [4.69, 9.17) is 4.74 Å². The molecule has 32 heavy (non-hydrogen) atoms. The van der Waals surface area contributed by atoms with Crippen molar-refractivity contribution < 1.29 is 19.4 Å². The number of aliphatic carboxylic acids is 1. The number of rotatable bonds is 10. The SMILES string of the molecule is CCN(CC)C(CNC(=O)c1ccc(OCc2cc(C)nc3ccccc23)cc1)C(=O)O. The van der Waals surface area contributed by atoms with E-state index in [-0.39, 0.29) is 12.5 Å². The lowest BCUT2D eigenvalue weighted by Crippen LogP contribution is -2.48. The number of likely N-dealkylation sites (N-methyl/N-ethyl adjacent to an activating group) is 1. The normalized spacial score (nSPS) is 12.0. The van der Waals surface area contributed by atoms with Gasteiger partial charge in [-0.3, -0.25) is 19.5 Å². The number of aryl methyl sites for hydroxylation is 1. The van der Waals surface area contributed by atoms with Gasteiger partial charge in [0.05, 0.1) is 5.52 Å². The maximum Gasteiger partial charge on any atom is 0.322 e. The smallest absolute Gasteiger partial charge is 0.322 e. The molecule has 0 radical (unpaired) electrons. The molecule has 7 heteroatoms. The highest BCUT2D eigenvalue weighted by atomic mass is 16.5. The van der Waals surface area contributed by atoms with Crippen LogP contribution in [0.25, 0.3) is 10.9 Å². The number of hydrogen-bond acceptors (Lipinski definition) is 5. The molecule has 0 saturated carbocycles. The zero-order chi connectivity index (χ0) is 23.1. The lowest BCUT2D eigenvalue weighted by atomic mass is 10.1. The van der Waals surface area contributed by atoms with Gasteiger partial charge in [-0.15, -0.1) is 0 Å². The molecule has 0 bridgehead atoms. The number of nitrogens with one attached hydrogen (secondary N) is 1. The third-order valence-corrected chi connectivity index (χ3v) is 5.43. The van der Waals surface area contributed by atoms with Crippen LogP contribution in [0.4, 0.5) is 0 Å². The third kappa shape index (κ3) is 5.62. The fraction of sp³-hybridized carbons (Fsp3) is 0.320. The fourth-order valence-electron chi connectivity index (χ4n) is 3.71. The summed E-state index contributed by atoms with van der Waals surface area (Å²) in [4.78, 5) is 30.3. The van der Waals surface area contributed by atoms with Gasteiger partial charge in [-0.25, -0.2) is 0 Å². The first kappa shape index (κ1) is 23.2. The second-order valence-electron chi connectivity index (χ2n) is 7.54. The van der Waals surface area contributed by atoms with E-state index in [1.807, 2.05) is 51.1 Å². The van der Waals surface area contributed by atoms with Gasteiger partial charge in [-0.2, -0.15) is 0 Å². The van der Waals surface area contributed by atoms with E-state index in [1.165, 1.54) is 0 Å². The average molecular weight is 436 g/mol. The monoisotopic (exact) mass is 435 g/mol. The van der Waals surface area contributed by atoms with Crippen molar-refractivity contribution in [2.75, 3.05) is 19.6 Å². The van der Waals surface area contributed by atoms with Crippen LogP contribution in [-0.4, -0.2) is 52.5 Å². The van der Waals surface area contributed by atoms with Crippen LogP contribution >= 0.6 is 0 Å². The molecule has 1 amide bonds. The number of hydrogen-bond donors (Lipinski definition) is 2. The van der Waals surface area contributed by atoms with Crippen molar-refractivity contribution in [3.63, 3.8) is 0 Å². The minimum absolute atomic E-state index is 0.0442. The molecule has 1 aromatic heterocycles. The summed E-state index contributed by atoms with van der Waals surface area (Å²) in [6, 6.07) is 16.0. The van der Waals surface area contributed by atoms with Gasteiger partial charge in [0.15, 0.2) is 0 Å². The van der Waals surface area contributed by atoms with E-state index >= 15 is 0 Å². The fourth-order valence-corrected chi connectivity index (χ4v) is 3.71. The van der Waals surface area contributed by atoms with Gasteiger partial charge in [0.25, 0.3) is 5.91 Å². The molecule has 0 aliphatic rings. The van der Waals surface area contributed by atoms with Gasteiger partial charge in [0.1, 0.15) is 18.4 Å². The minimum atomic E-state index is -0.948. The second kappa shape index (κ2) is 10.7. The summed E-state index contributed by atoms with van der Waals surface area (Å²) >= 11 is 0. The van der Waals surface area contributed by atoms with Crippen LogP contribution in [0.3, 0.4) is 0 Å². The molecule has 0 saturated heterocycles. The first-order valence-electron chi connectivity index (χ1n) is 10.8. The number of para-hydroxylation sites is 1. The van der Waals surface area contributed by atoms with Crippen molar-refractivity contribution in [1.29, 1.82) is 0 Å². The van der Waals surface area contributed by atoms with Crippen molar-refractivity contribution in [3.05, 3.63) is 71.4 Å². The number of pyridine rings is 1. The van der Waals surface area contributed by atoms with Gasteiger partial charge in [-0.05, 0) is 56.4 Å². The number of fused-ring (bicyclic) bond motifs is 1. The summed E-state index contributed by atoms with van der Waals surface area (Å²) in [5.41, 5.74) is 3.36. The van der Waals surface area contributed by atoms with Crippen LogP contribution in [0.5, 0.6) is 5.75 Å². The van der Waals surface area contributed by atoms with Crippen LogP contribution in [0.2, 0.25) is 0 Å². The third-order valence-electron chi connectivity index (χ3n) is 5.43. The van der Waals surface area contributed by atoms with Crippen LogP contribution in [-0.2, 0) is 11.4 Å². The Balaban J connectivity index is 1.62. The van der Waals surface area contributed by atoms with Crippen molar-refractivity contribution in [3.8, 4) is 5.75 Å². The first-order chi connectivity index (χ1) is 15.4. The molecular formula is C25H29N3O4. The molecule has 2 N–H and O–H groups in total. The lowest BCUT2D eigenvalue weighted by molar-refractivity contribution is -0.142. The van der Waals surface area contributed by atoms with E-state index in [0.29, 0.717) is 31.0 Å². The summed E-state index contributed by atoms with van der Waals surface area (Å²) in [6.07, 6.45) is 0. The number of ether oxygens (including phenoxy) is 1. The number of carboxylic acids is 1. The Morgan fingerprint density at radius 3 is 2.44 bits per heavy atom. The van der Waals surface area contributed by atoms with Gasteiger partial charge in [0.2, 0.25) is 0 Å².